The molecule has 0 saturated carbocycles. The van der Waals surface area contributed by atoms with Crippen molar-refractivity contribution < 1.29 is 19.4 Å². The predicted octanol–water partition coefficient (Wildman–Crippen LogP) is 2.81. The standard InChI is InChI=1S/C17H22N2O4S/c1-17(2,3)10-4-5-11-12(7-18)16(24-13(11)6-10)19-14(20)8-23-9-15(21)22/h10H,4-6,8-9H2,1-3H3,(H,19,20)(H,21,22)/t10-/m0/s1. The average molecular weight is 350 g/mol. The fraction of sp³-hybridized carbons (Fsp3) is 0.588. The van der Waals surface area contributed by atoms with Crippen molar-refractivity contribution in [2.45, 2.75) is 40.0 Å². The summed E-state index contributed by atoms with van der Waals surface area (Å²) in [6.45, 7) is 5.81. The van der Waals surface area contributed by atoms with Crippen molar-refractivity contribution >= 4 is 28.2 Å². The number of nitrogens with one attached hydrogen (secondary N) is 1. The number of hydrogen-bond donors (Lipinski definition) is 2. The molecule has 0 aliphatic heterocycles. The van der Waals surface area contributed by atoms with Crippen molar-refractivity contribution in [1.82, 2.24) is 0 Å². The van der Waals surface area contributed by atoms with Crippen LogP contribution in [0.5, 0.6) is 0 Å². The van der Waals surface area contributed by atoms with Gasteiger partial charge in [0, 0.05) is 4.88 Å². The second-order valence-electron chi connectivity index (χ2n) is 7.06. The molecule has 1 atom stereocenters. The molecule has 130 valence electrons. The van der Waals surface area contributed by atoms with E-state index in [0.717, 1.165) is 24.8 Å². The second kappa shape index (κ2) is 7.32. The highest BCUT2D eigenvalue weighted by Crippen LogP contribution is 2.43. The Kier molecular flexibility index (Phi) is 5.62. The number of anilines is 1. The molecule has 1 aromatic rings. The summed E-state index contributed by atoms with van der Waals surface area (Å²) in [5, 5.41) is 21.2. The summed E-state index contributed by atoms with van der Waals surface area (Å²) in [7, 11) is 0. The largest absolute Gasteiger partial charge is 0.480 e. The molecular formula is C17H22N2O4S. The predicted molar refractivity (Wildman–Crippen MR) is 91.1 cm³/mol. The molecule has 0 radical (unpaired) electrons. The van der Waals surface area contributed by atoms with Gasteiger partial charge in [0.25, 0.3) is 5.91 Å². The molecule has 0 saturated heterocycles. The monoisotopic (exact) mass is 350 g/mol. The molecule has 7 heteroatoms. The van der Waals surface area contributed by atoms with Crippen LogP contribution in [0.25, 0.3) is 0 Å². The number of fused-ring (bicyclic) bond motifs is 1. The second-order valence-corrected chi connectivity index (χ2v) is 8.17. The topological polar surface area (TPSA) is 99.4 Å². The first-order chi connectivity index (χ1) is 11.2. The van der Waals surface area contributed by atoms with E-state index in [1.54, 1.807) is 0 Å². The van der Waals surface area contributed by atoms with Crippen LogP contribution in [0.1, 0.15) is 43.2 Å². The molecule has 6 nitrogen and oxygen atoms in total. The number of thiophene rings is 1. The summed E-state index contributed by atoms with van der Waals surface area (Å²) in [6.07, 6.45) is 2.81. The minimum atomic E-state index is -1.12. The van der Waals surface area contributed by atoms with Crippen LogP contribution in [0.4, 0.5) is 5.00 Å². The van der Waals surface area contributed by atoms with Gasteiger partial charge in [0.05, 0.1) is 5.56 Å². The van der Waals surface area contributed by atoms with Crippen LogP contribution in [-0.4, -0.2) is 30.2 Å². The molecular weight excluding hydrogens is 328 g/mol. The van der Waals surface area contributed by atoms with E-state index in [-0.39, 0.29) is 12.0 Å². The van der Waals surface area contributed by atoms with Gasteiger partial charge in [-0.3, -0.25) is 4.79 Å². The third-order valence-electron chi connectivity index (χ3n) is 4.31. The van der Waals surface area contributed by atoms with Crippen LogP contribution in [0.15, 0.2) is 0 Å². The lowest BCUT2D eigenvalue weighted by molar-refractivity contribution is -0.143. The number of carboxylic acid groups (broad SMARTS) is 1. The highest BCUT2D eigenvalue weighted by atomic mass is 32.1. The summed E-state index contributed by atoms with van der Waals surface area (Å²) in [6, 6.07) is 2.20. The molecule has 0 spiro atoms. The number of rotatable bonds is 5. The van der Waals surface area contributed by atoms with Gasteiger partial charge in [0.15, 0.2) is 0 Å². The Morgan fingerprint density at radius 3 is 2.71 bits per heavy atom. The zero-order valence-electron chi connectivity index (χ0n) is 14.1. The summed E-state index contributed by atoms with van der Waals surface area (Å²) >= 11 is 1.45. The van der Waals surface area contributed by atoms with E-state index in [0.29, 0.717) is 16.5 Å². The van der Waals surface area contributed by atoms with E-state index in [2.05, 4.69) is 32.2 Å². The van der Waals surface area contributed by atoms with E-state index in [1.165, 1.54) is 16.2 Å². The maximum absolute atomic E-state index is 11.9. The number of carbonyl (C=O) groups excluding carboxylic acids is 1. The Labute approximate surface area is 145 Å². The van der Waals surface area contributed by atoms with Gasteiger partial charge < -0.3 is 15.2 Å². The van der Waals surface area contributed by atoms with Crippen LogP contribution in [0.2, 0.25) is 0 Å². The fourth-order valence-electron chi connectivity index (χ4n) is 2.93. The number of hydrogen-bond acceptors (Lipinski definition) is 5. The van der Waals surface area contributed by atoms with Crippen LogP contribution in [0, 0.1) is 22.7 Å². The molecule has 1 aliphatic rings. The van der Waals surface area contributed by atoms with Gasteiger partial charge in [-0.15, -0.1) is 11.3 Å². The number of carbonyl (C=O) groups is 2. The van der Waals surface area contributed by atoms with Gasteiger partial charge >= 0.3 is 5.97 Å². The Hall–Kier alpha value is -1.91. The van der Waals surface area contributed by atoms with Gasteiger partial charge in [0.1, 0.15) is 24.3 Å². The average Bonchev–Trinajstić information content (AvgIpc) is 2.81. The fourth-order valence-corrected chi connectivity index (χ4v) is 4.22. The minimum absolute atomic E-state index is 0.211. The Morgan fingerprint density at radius 2 is 2.12 bits per heavy atom. The van der Waals surface area contributed by atoms with Crippen molar-refractivity contribution in [3.63, 3.8) is 0 Å². The van der Waals surface area contributed by atoms with E-state index in [9.17, 15) is 14.9 Å². The molecule has 0 bridgehead atoms. The lowest BCUT2D eigenvalue weighted by Gasteiger charge is -2.33. The highest BCUT2D eigenvalue weighted by molar-refractivity contribution is 7.16. The van der Waals surface area contributed by atoms with Crippen LogP contribution >= 0.6 is 11.3 Å². The van der Waals surface area contributed by atoms with Crippen molar-refractivity contribution in [2.75, 3.05) is 18.5 Å². The smallest absolute Gasteiger partial charge is 0.329 e. The van der Waals surface area contributed by atoms with E-state index < -0.39 is 18.5 Å². The zero-order chi connectivity index (χ0) is 17.9. The maximum atomic E-state index is 11.9. The van der Waals surface area contributed by atoms with Gasteiger partial charge in [0.2, 0.25) is 0 Å². The number of aliphatic carboxylic acids is 1. The highest BCUT2D eigenvalue weighted by Gasteiger charge is 2.32. The first-order valence-corrected chi connectivity index (χ1v) is 8.68. The zero-order valence-corrected chi connectivity index (χ0v) is 15.0. The van der Waals surface area contributed by atoms with Gasteiger partial charge in [-0.1, -0.05) is 20.8 Å². The van der Waals surface area contributed by atoms with E-state index >= 15 is 0 Å². The summed E-state index contributed by atoms with van der Waals surface area (Å²) in [4.78, 5) is 23.4. The molecule has 2 rings (SSSR count). The lowest BCUT2D eigenvalue weighted by Crippen LogP contribution is -2.26. The Balaban J connectivity index is 2.10. The van der Waals surface area contributed by atoms with Crippen LogP contribution in [0.3, 0.4) is 0 Å². The van der Waals surface area contributed by atoms with E-state index in [1.807, 2.05) is 0 Å². The van der Waals surface area contributed by atoms with Gasteiger partial charge in [-0.2, -0.15) is 5.26 Å². The third-order valence-corrected chi connectivity index (χ3v) is 5.48. The number of nitrogens with zero attached hydrogens (tertiary/aromatic N) is 1. The SMILES string of the molecule is CC(C)(C)[C@H]1CCc2c(sc(NC(=O)COCC(=O)O)c2C#N)C1. The van der Waals surface area contributed by atoms with Crippen molar-refractivity contribution in [1.29, 1.82) is 5.26 Å². The molecule has 0 fully saturated rings. The van der Waals surface area contributed by atoms with Crippen molar-refractivity contribution in [2.24, 2.45) is 11.3 Å². The molecule has 1 aromatic heterocycles. The number of amides is 1. The molecule has 24 heavy (non-hydrogen) atoms. The maximum Gasteiger partial charge on any atom is 0.329 e. The lowest BCUT2D eigenvalue weighted by atomic mass is 9.72. The first-order valence-electron chi connectivity index (χ1n) is 7.86. The molecule has 0 unspecified atom stereocenters. The first kappa shape index (κ1) is 18.4. The minimum Gasteiger partial charge on any atom is -0.480 e. The number of carboxylic acids is 1. The van der Waals surface area contributed by atoms with Crippen LogP contribution < -0.4 is 5.32 Å². The Bertz CT molecular complexity index is 682. The van der Waals surface area contributed by atoms with Gasteiger partial charge in [-0.05, 0) is 36.2 Å². The number of nitriles is 1. The normalized spacial score (nSPS) is 17.0. The van der Waals surface area contributed by atoms with E-state index in [4.69, 9.17) is 9.84 Å². The van der Waals surface area contributed by atoms with Crippen molar-refractivity contribution in [3.8, 4) is 6.07 Å². The summed E-state index contributed by atoms with van der Waals surface area (Å²) < 4.78 is 4.78. The van der Waals surface area contributed by atoms with Crippen LogP contribution in [-0.2, 0) is 27.2 Å². The molecule has 1 heterocycles. The molecule has 0 aromatic carbocycles. The quantitative estimate of drug-likeness (QED) is 0.850. The third kappa shape index (κ3) is 4.34. The molecule has 1 amide bonds. The Morgan fingerprint density at radius 1 is 1.42 bits per heavy atom. The summed E-state index contributed by atoms with van der Waals surface area (Å²) in [5.74, 6) is -1.02. The molecule has 2 N–H and O–H groups in total. The number of ether oxygens (including phenoxy) is 1. The van der Waals surface area contributed by atoms with Crippen molar-refractivity contribution in [3.05, 3.63) is 16.0 Å². The molecule has 1 aliphatic carbocycles. The summed E-state index contributed by atoms with van der Waals surface area (Å²) in [5.41, 5.74) is 1.79. The van der Waals surface area contributed by atoms with Gasteiger partial charge in [-0.25, -0.2) is 4.79 Å².